The molecular formula is C19H17N3OS2. The van der Waals surface area contributed by atoms with E-state index in [1.54, 1.807) is 17.8 Å². The van der Waals surface area contributed by atoms with Crippen molar-refractivity contribution in [3.8, 4) is 0 Å². The standard InChI is InChI=1S/C19H17N3OS2/c1-14-7-9-15(10-8-14)11-12-17(23)20-18-21-22-19(25-18)24-13-16-5-3-2-4-6-16/h2-12H,13H2,1H3,(H,20,21,23)/b12-11+. The van der Waals surface area contributed by atoms with Crippen LogP contribution in [-0.4, -0.2) is 16.1 Å². The highest BCUT2D eigenvalue weighted by molar-refractivity contribution is 8.00. The summed E-state index contributed by atoms with van der Waals surface area (Å²) in [6, 6.07) is 18.2. The third kappa shape index (κ3) is 5.55. The Kier molecular flexibility index (Phi) is 5.98. The molecule has 126 valence electrons. The second kappa shape index (κ2) is 8.60. The minimum absolute atomic E-state index is 0.212. The number of amides is 1. The van der Waals surface area contributed by atoms with Crippen molar-refractivity contribution in [3.05, 3.63) is 77.4 Å². The van der Waals surface area contributed by atoms with Crippen molar-refractivity contribution in [1.29, 1.82) is 0 Å². The SMILES string of the molecule is Cc1ccc(/C=C/C(=O)Nc2nnc(SCc3ccccc3)s2)cc1. The Balaban J connectivity index is 1.52. The van der Waals surface area contributed by atoms with Crippen molar-refractivity contribution in [2.45, 2.75) is 17.0 Å². The smallest absolute Gasteiger partial charge is 0.250 e. The maximum absolute atomic E-state index is 12.0. The Hall–Kier alpha value is -2.44. The number of aryl methyl sites for hydroxylation is 1. The lowest BCUT2D eigenvalue weighted by atomic mass is 10.1. The third-order valence-electron chi connectivity index (χ3n) is 3.35. The number of carbonyl (C=O) groups excluding carboxylic acids is 1. The van der Waals surface area contributed by atoms with Gasteiger partial charge >= 0.3 is 0 Å². The molecule has 0 saturated heterocycles. The number of hydrogen-bond donors (Lipinski definition) is 1. The molecule has 25 heavy (non-hydrogen) atoms. The molecule has 0 atom stereocenters. The maximum Gasteiger partial charge on any atom is 0.250 e. The van der Waals surface area contributed by atoms with E-state index in [0.717, 1.165) is 15.7 Å². The van der Waals surface area contributed by atoms with E-state index < -0.39 is 0 Å². The van der Waals surface area contributed by atoms with Crippen LogP contribution in [-0.2, 0) is 10.5 Å². The number of nitrogens with one attached hydrogen (secondary N) is 1. The van der Waals surface area contributed by atoms with Gasteiger partial charge in [0, 0.05) is 11.8 Å². The maximum atomic E-state index is 12.0. The molecule has 0 saturated carbocycles. The molecule has 3 rings (SSSR count). The highest BCUT2D eigenvalue weighted by Crippen LogP contribution is 2.28. The summed E-state index contributed by atoms with van der Waals surface area (Å²) in [6.45, 7) is 2.03. The highest BCUT2D eigenvalue weighted by atomic mass is 32.2. The first-order chi connectivity index (χ1) is 12.2. The molecule has 2 aromatic carbocycles. The number of nitrogens with zero attached hydrogens (tertiary/aromatic N) is 2. The molecule has 1 amide bonds. The van der Waals surface area contributed by atoms with Gasteiger partial charge in [0.05, 0.1) is 0 Å². The summed E-state index contributed by atoms with van der Waals surface area (Å²) in [5.74, 6) is 0.618. The summed E-state index contributed by atoms with van der Waals surface area (Å²) >= 11 is 2.99. The Morgan fingerprint density at radius 2 is 1.88 bits per heavy atom. The number of benzene rings is 2. The molecule has 1 aromatic heterocycles. The molecule has 1 heterocycles. The first kappa shape index (κ1) is 17.4. The van der Waals surface area contributed by atoms with Crippen LogP contribution in [0.5, 0.6) is 0 Å². The zero-order valence-electron chi connectivity index (χ0n) is 13.7. The van der Waals surface area contributed by atoms with Crippen LogP contribution in [0.3, 0.4) is 0 Å². The molecule has 3 aromatic rings. The van der Waals surface area contributed by atoms with Crippen LogP contribution in [0.25, 0.3) is 6.08 Å². The van der Waals surface area contributed by atoms with Gasteiger partial charge in [-0.1, -0.05) is 83.3 Å². The Morgan fingerprint density at radius 3 is 2.64 bits per heavy atom. The average Bonchev–Trinajstić information content (AvgIpc) is 3.08. The summed E-state index contributed by atoms with van der Waals surface area (Å²) < 4.78 is 0.835. The first-order valence-electron chi connectivity index (χ1n) is 7.75. The predicted octanol–water partition coefficient (Wildman–Crippen LogP) is 4.79. The first-order valence-corrected chi connectivity index (χ1v) is 9.55. The van der Waals surface area contributed by atoms with Gasteiger partial charge in [-0.3, -0.25) is 10.1 Å². The van der Waals surface area contributed by atoms with Crippen molar-refractivity contribution in [2.24, 2.45) is 0 Å². The van der Waals surface area contributed by atoms with Gasteiger partial charge in [-0.15, -0.1) is 10.2 Å². The molecule has 0 aliphatic rings. The molecule has 0 radical (unpaired) electrons. The van der Waals surface area contributed by atoms with Crippen LogP contribution >= 0.6 is 23.1 Å². The van der Waals surface area contributed by atoms with Gasteiger partial charge in [-0.05, 0) is 24.1 Å². The second-order valence-corrected chi connectivity index (χ2v) is 7.58. The normalized spacial score (nSPS) is 10.9. The highest BCUT2D eigenvalue weighted by Gasteiger charge is 2.07. The molecule has 0 fully saturated rings. The van der Waals surface area contributed by atoms with Gasteiger partial charge in [-0.2, -0.15) is 0 Å². The zero-order valence-corrected chi connectivity index (χ0v) is 15.3. The van der Waals surface area contributed by atoms with Gasteiger partial charge < -0.3 is 0 Å². The fourth-order valence-corrected chi connectivity index (χ4v) is 3.75. The van der Waals surface area contributed by atoms with Gasteiger partial charge in [0.2, 0.25) is 11.0 Å². The Morgan fingerprint density at radius 1 is 1.12 bits per heavy atom. The summed E-state index contributed by atoms with van der Waals surface area (Å²) in [5, 5.41) is 11.4. The lowest BCUT2D eigenvalue weighted by Gasteiger charge is -1.97. The lowest BCUT2D eigenvalue weighted by molar-refractivity contribution is -0.111. The summed E-state index contributed by atoms with van der Waals surface area (Å²) in [4.78, 5) is 12.0. The van der Waals surface area contributed by atoms with Gasteiger partial charge in [-0.25, -0.2) is 0 Å². The predicted molar refractivity (Wildman–Crippen MR) is 105 cm³/mol. The van der Waals surface area contributed by atoms with E-state index in [4.69, 9.17) is 0 Å². The Bertz CT molecular complexity index is 858. The number of rotatable bonds is 6. The van der Waals surface area contributed by atoms with Crippen LogP contribution in [0, 0.1) is 6.92 Å². The van der Waals surface area contributed by atoms with Crippen molar-refractivity contribution >= 4 is 40.2 Å². The molecule has 0 aliphatic carbocycles. The fourth-order valence-electron chi connectivity index (χ4n) is 2.03. The zero-order chi connectivity index (χ0) is 17.5. The van der Waals surface area contributed by atoms with Crippen molar-refractivity contribution in [2.75, 3.05) is 5.32 Å². The van der Waals surface area contributed by atoms with Crippen molar-refractivity contribution in [1.82, 2.24) is 10.2 Å². The van der Waals surface area contributed by atoms with E-state index in [-0.39, 0.29) is 5.91 Å². The van der Waals surface area contributed by atoms with Crippen molar-refractivity contribution in [3.63, 3.8) is 0 Å². The van der Waals surface area contributed by atoms with Crippen LogP contribution in [0.1, 0.15) is 16.7 Å². The van der Waals surface area contributed by atoms with E-state index in [1.165, 1.54) is 28.5 Å². The fraction of sp³-hybridized carbons (Fsp3) is 0.105. The number of thioether (sulfide) groups is 1. The number of anilines is 1. The van der Waals surface area contributed by atoms with Gasteiger partial charge in [0.15, 0.2) is 4.34 Å². The van der Waals surface area contributed by atoms with Crippen molar-refractivity contribution < 1.29 is 4.79 Å². The molecular weight excluding hydrogens is 350 g/mol. The molecule has 0 bridgehead atoms. The molecule has 1 N–H and O–H groups in total. The molecule has 6 heteroatoms. The summed E-state index contributed by atoms with van der Waals surface area (Å²) in [5.41, 5.74) is 3.41. The number of carbonyl (C=O) groups is 1. The summed E-state index contributed by atoms with van der Waals surface area (Å²) in [7, 11) is 0. The number of aromatic nitrogens is 2. The van der Waals surface area contributed by atoms with Gasteiger partial charge in [0.1, 0.15) is 0 Å². The van der Waals surface area contributed by atoms with E-state index in [1.807, 2.05) is 49.4 Å². The molecule has 4 nitrogen and oxygen atoms in total. The van der Waals surface area contributed by atoms with Crippen LogP contribution < -0.4 is 5.32 Å². The second-order valence-electron chi connectivity index (χ2n) is 5.38. The van der Waals surface area contributed by atoms with E-state index >= 15 is 0 Å². The molecule has 0 aliphatic heterocycles. The molecule has 0 unspecified atom stereocenters. The van der Waals surface area contributed by atoms with Crippen LogP contribution in [0.2, 0.25) is 0 Å². The minimum atomic E-state index is -0.212. The van der Waals surface area contributed by atoms with Crippen LogP contribution in [0.15, 0.2) is 65.0 Å². The average molecular weight is 367 g/mol. The Labute approximate surface area is 155 Å². The quantitative estimate of drug-likeness (QED) is 0.387. The lowest BCUT2D eigenvalue weighted by Crippen LogP contribution is -2.07. The third-order valence-corrected chi connectivity index (χ3v) is 5.39. The molecule has 0 spiro atoms. The topological polar surface area (TPSA) is 54.9 Å². The largest absolute Gasteiger partial charge is 0.297 e. The van der Waals surface area contributed by atoms with E-state index in [0.29, 0.717) is 5.13 Å². The van der Waals surface area contributed by atoms with E-state index in [9.17, 15) is 4.79 Å². The minimum Gasteiger partial charge on any atom is -0.297 e. The van der Waals surface area contributed by atoms with E-state index in [2.05, 4.69) is 27.6 Å². The monoisotopic (exact) mass is 367 g/mol. The van der Waals surface area contributed by atoms with Gasteiger partial charge in [0.25, 0.3) is 0 Å². The van der Waals surface area contributed by atoms with Crippen LogP contribution in [0.4, 0.5) is 5.13 Å². The number of hydrogen-bond acceptors (Lipinski definition) is 5. The summed E-state index contributed by atoms with van der Waals surface area (Å²) in [6.07, 6.45) is 3.28.